The molecule has 4 aliphatic carbocycles. The Hall–Kier alpha value is -0.300. The van der Waals surface area contributed by atoms with Crippen LogP contribution in [0.15, 0.2) is 12.7 Å². The normalized spacial score (nSPS) is 53.8. The van der Waals surface area contributed by atoms with Crippen molar-refractivity contribution in [3.63, 3.8) is 0 Å². The maximum Gasteiger partial charge on any atom is 0.0751 e. The summed E-state index contributed by atoms with van der Waals surface area (Å²) in [6.07, 6.45) is 14.4. The molecule has 4 aliphatic rings. The molecular formula is C22H36O. The minimum Gasteiger partial charge on any atom is -0.389 e. The maximum absolute atomic E-state index is 10.5. The van der Waals surface area contributed by atoms with E-state index in [1.807, 2.05) is 0 Å². The highest BCUT2D eigenvalue weighted by Crippen LogP contribution is 2.64. The minimum absolute atomic E-state index is 0.284. The molecule has 23 heavy (non-hydrogen) atoms. The van der Waals surface area contributed by atoms with Crippen LogP contribution in [-0.4, -0.2) is 11.2 Å². The highest BCUT2D eigenvalue weighted by Gasteiger charge is 2.57. The number of fused-ring (bicyclic) bond motifs is 5. The molecule has 1 heteroatoms. The second-order valence-electron chi connectivity index (χ2n) is 9.81. The third kappa shape index (κ3) is 2.44. The quantitative estimate of drug-likeness (QED) is 0.673. The second kappa shape index (κ2) is 5.90. The van der Waals surface area contributed by atoms with E-state index in [-0.39, 0.29) is 6.10 Å². The molecule has 0 amide bonds. The molecule has 0 spiro atoms. The van der Waals surface area contributed by atoms with Crippen molar-refractivity contribution in [1.29, 1.82) is 0 Å². The van der Waals surface area contributed by atoms with Crippen LogP contribution in [0.1, 0.15) is 71.6 Å². The molecule has 0 saturated heterocycles. The zero-order valence-electron chi connectivity index (χ0n) is 15.2. The molecule has 0 aromatic rings. The first-order valence-corrected chi connectivity index (χ1v) is 10.3. The molecule has 130 valence electrons. The van der Waals surface area contributed by atoms with Crippen LogP contribution in [0.3, 0.4) is 0 Å². The van der Waals surface area contributed by atoms with Crippen LogP contribution in [-0.2, 0) is 0 Å². The molecule has 4 fully saturated rings. The van der Waals surface area contributed by atoms with Crippen molar-refractivity contribution in [2.24, 2.45) is 46.8 Å². The van der Waals surface area contributed by atoms with Gasteiger partial charge in [-0.25, -0.2) is 0 Å². The molecule has 0 aliphatic heterocycles. The van der Waals surface area contributed by atoms with Gasteiger partial charge in [0.05, 0.1) is 6.10 Å². The van der Waals surface area contributed by atoms with Gasteiger partial charge in [-0.2, -0.15) is 0 Å². The number of aliphatic hydroxyl groups is 1. The fourth-order valence-corrected chi connectivity index (χ4v) is 7.85. The second-order valence-corrected chi connectivity index (χ2v) is 9.81. The lowest BCUT2D eigenvalue weighted by Gasteiger charge is -2.56. The van der Waals surface area contributed by atoms with Gasteiger partial charge in [0.2, 0.25) is 0 Å². The lowest BCUT2D eigenvalue weighted by atomic mass is 9.49. The highest BCUT2D eigenvalue weighted by molar-refractivity contribution is 5.08. The zero-order valence-corrected chi connectivity index (χ0v) is 15.2. The smallest absolute Gasteiger partial charge is 0.0751 e. The van der Waals surface area contributed by atoms with Crippen molar-refractivity contribution in [3.8, 4) is 0 Å². The third-order valence-electron chi connectivity index (χ3n) is 8.94. The fourth-order valence-electron chi connectivity index (χ4n) is 7.85. The van der Waals surface area contributed by atoms with Crippen LogP contribution in [0.25, 0.3) is 0 Å². The van der Waals surface area contributed by atoms with E-state index in [1.54, 1.807) is 6.08 Å². The summed E-state index contributed by atoms with van der Waals surface area (Å²) in [6, 6.07) is 0. The first-order valence-electron chi connectivity index (χ1n) is 10.3. The predicted octanol–water partition coefficient (Wildman–Crippen LogP) is 5.44. The van der Waals surface area contributed by atoms with Crippen molar-refractivity contribution < 1.29 is 5.11 Å². The van der Waals surface area contributed by atoms with Gasteiger partial charge in [-0.05, 0) is 98.2 Å². The number of rotatable bonds is 2. The highest BCUT2D eigenvalue weighted by atomic mass is 16.3. The van der Waals surface area contributed by atoms with E-state index in [4.69, 9.17) is 0 Å². The molecular weight excluding hydrogens is 280 g/mol. The molecule has 0 heterocycles. The van der Waals surface area contributed by atoms with Gasteiger partial charge in [-0.3, -0.25) is 0 Å². The number of hydrogen-bond donors (Lipinski definition) is 1. The van der Waals surface area contributed by atoms with Crippen LogP contribution in [0.2, 0.25) is 0 Å². The largest absolute Gasteiger partial charge is 0.389 e. The Morgan fingerprint density at radius 3 is 2.57 bits per heavy atom. The SMILES string of the molecule is C=CC(O)C1CCC2C3CCC4CC(C)CCC4C3CCC12C. The minimum atomic E-state index is -0.284. The summed E-state index contributed by atoms with van der Waals surface area (Å²) >= 11 is 0. The van der Waals surface area contributed by atoms with E-state index in [9.17, 15) is 5.11 Å². The Bertz CT molecular complexity index is 457. The Morgan fingerprint density at radius 1 is 1.00 bits per heavy atom. The Morgan fingerprint density at radius 2 is 1.78 bits per heavy atom. The van der Waals surface area contributed by atoms with Gasteiger partial charge in [0.1, 0.15) is 0 Å². The standard InChI is InChI=1S/C22H36O/c1-4-21(23)20-10-9-19-18-8-6-15-13-14(2)5-7-16(15)17(18)11-12-22(19,20)3/h4,14-21,23H,1,5-13H2,2-3H3. The number of aliphatic hydroxyl groups excluding tert-OH is 1. The summed E-state index contributed by atoms with van der Waals surface area (Å²) in [7, 11) is 0. The van der Waals surface area contributed by atoms with Gasteiger partial charge < -0.3 is 5.11 Å². The molecule has 0 aromatic heterocycles. The third-order valence-corrected chi connectivity index (χ3v) is 8.94. The van der Waals surface area contributed by atoms with E-state index >= 15 is 0 Å². The summed E-state index contributed by atoms with van der Waals surface area (Å²) in [6.45, 7) is 8.84. The van der Waals surface area contributed by atoms with Crippen molar-refractivity contribution in [2.45, 2.75) is 77.7 Å². The lowest BCUT2D eigenvalue weighted by molar-refractivity contribution is -0.0783. The first kappa shape index (κ1) is 16.2. The maximum atomic E-state index is 10.5. The van der Waals surface area contributed by atoms with Gasteiger partial charge in [-0.1, -0.05) is 26.3 Å². The Balaban J connectivity index is 1.55. The van der Waals surface area contributed by atoms with E-state index in [0.717, 1.165) is 35.5 Å². The summed E-state index contributed by atoms with van der Waals surface area (Å²) in [5.41, 5.74) is 0.379. The molecule has 0 aromatic carbocycles. The van der Waals surface area contributed by atoms with Crippen molar-refractivity contribution in [2.75, 3.05) is 0 Å². The monoisotopic (exact) mass is 316 g/mol. The van der Waals surface area contributed by atoms with E-state index in [1.165, 1.54) is 57.8 Å². The Labute approximate surface area is 142 Å². The predicted molar refractivity (Wildman–Crippen MR) is 96.0 cm³/mol. The van der Waals surface area contributed by atoms with Crippen LogP contribution in [0, 0.1) is 46.8 Å². The summed E-state index contributed by atoms with van der Waals surface area (Å²) in [5, 5.41) is 10.5. The Kier molecular flexibility index (Phi) is 4.15. The van der Waals surface area contributed by atoms with E-state index < -0.39 is 0 Å². The average Bonchev–Trinajstić information content (AvgIpc) is 2.90. The molecule has 4 rings (SSSR count). The van der Waals surface area contributed by atoms with Gasteiger partial charge in [-0.15, -0.1) is 6.58 Å². The molecule has 0 radical (unpaired) electrons. The molecule has 1 N–H and O–H groups in total. The summed E-state index contributed by atoms with van der Waals surface area (Å²) in [5.74, 6) is 6.37. The van der Waals surface area contributed by atoms with Crippen LogP contribution in [0.4, 0.5) is 0 Å². The van der Waals surface area contributed by atoms with Gasteiger partial charge >= 0.3 is 0 Å². The van der Waals surface area contributed by atoms with Gasteiger partial charge in [0.15, 0.2) is 0 Å². The van der Waals surface area contributed by atoms with Crippen molar-refractivity contribution in [1.82, 2.24) is 0 Å². The van der Waals surface area contributed by atoms with Crippen molar-refractivity contribution in [3.05, 3.63) is 12.7 Å². The van der Waals surface area contributed by atoms with E-state index in [2.05, 4.69) is 20.4 Å². The zero-order chi connectivity index (χ0) is 16.2. The van der Waals surface area contributed by atoms with Crippen LogP contribution < -0.4 is 0 Å². The van der Waals surface area contributed by atoms with Crippen LogP contribution >= 0.6 is 0 Å². The summed E-state index contributed by atoms with van der Waals surface area (Å²) in [4.78, 5) is 0. The lowest BCUT2D eigenvalue weighted by Crippen LogP contribution is -2.49. The molecule has 0 bridgehead atoms. The number of hydrogen-bond acceptors (Lipinski definition) is 1. The molecule has 1 nitrogen and oxygen atoms in total. The topological polar surface area (TPSA) is 20.2 Å². The average molecular weight is 317 g/mol. The fraction of sp³-hybridized carbons (Fsp3) is 0.909. The summed E-state index contributed by atoms with van der Waals surface area (Å²) < 4.78 is 0. The molecule has 9 atom stereocenters. The van der Waals surface area contributed by atoms with E-state index in [0.29, 0.717) is 11.3 Å². The van der Waals surface area contributed by atoms with Gasteiger partial charge in [0.25, 0.3) is 0 Å². The van der Waals surface area contributed by atoms with Gasteiger partial charge in [0, 0.05) is 0 Å². The molecule has 4 saturated carbocycles. The van der Waals surface area contributed by atoms with Crippen molar-refractivity contribution >= 4 is 0 Å². The van der Waals surface area contributed by atoms with Crippen LogP contribution in [0.5, 0.6) is 0 Å². The molecule has 9 unspecified atom stereocenters. The first-order chi connectivity index (χ1) is 11.0.